The van der Waals surface area contributed by atoms with Gasteiger partial charge in [0.05, 0.1) is 19.0 Å². The second kappa shape index (κ2) is 27.8. The molecule has 0 aliphatic carbocycles. The summed E-state index contributed by atoms with van der Waals surface area (Å²) in [6.45, 7) is 10.8. The van der Waals surface area contributed by atoms with Gasteiger partial charge in [-0.15, -0.1) is 0 Å². The monoisotopic (exact) mass is 897 g/mol. The molecule has 24 nitrogen and oxygen atoms in total. The Morgan fingerprint density at radius 1 is 0.667 bits per heavy atom. The van der Waals surface area contributed by atoms with Gasteiger partial charge in [-0.25, -0.2) is 4.79 Å². The molecule has 1 fully saturated rings. The van der Waals surface area contributed by atoms with Crippen LogP contribution in [0.25, 0.3) is 0 Å². The Morgan fingerprint density at radius 3 is 1.60 bits per heavy atom. The van der Waals surface area contributed by atoms with Crippen LogP contribution < -0.4 is 59.7 Å². The van der Waals surface area contributed by atoms with Crippen molar-refractivity contribution in [3.05, 3.63) is 0 Å². The van der Waals surface area contributed by atoms with Gasteiger partial charge < -0.3 is 69.9 Å². The minimum Gasteiger partial charge on any atom is -0.481 e. The van der Waals surface area contributed by atoms with Crippen LogP contribution in [0.1, 0.15) is 99.3 Å². The van der Waals surface area contributed by atoms with Crippen molar-refractivity contribution < 1.29 is 58.2 Å². The van der Waals surface area contributed by atoms with Crippen LogP contribution in [0.3, 0.4) is 0 Å². The van der Waals surface area contributed by atoms with Crippen LogP contribution >= 0.6 is 0 Å². The summed E-state index contributed by atoms with van der Waals surface area (Å²) in [6, 6.07) is -8.91. The van der Waals surface area contributed by atoms with Crippen molar-refractivity contribution in [1.82, 2.24) is 42.5 Å². The molecule has 0 bridgehead atoms. The Hall–Kier alpha value is -6.07. The fraction of sp³-hybridized carbons (Fsp3) is 0.718. The minimum absolute atomic E-state index is 0.00772. The van der Waals surface area contributed by atoms with E-state index in [4.69, 9.17) is 22.3 Å². The number of rotatable bonds is 29. The number of carboxylic acid groups (broad SMARTS) is 2. The SMILES string of the molecule is CC(C)C[C@H](NC(=O)[C@H](CC(C)C)NC(=O)[C@H](CCCN=C(N)N)NC(=O)[C@@H](NC(=O)CNC(=O)[C@@H]1CCCN1)C(C)C)C(=O)N[C@@H](CCC(N)=O)C(=O)N[C@@H](CC(=O)O)C(=O)O. The molecule has 16 N–H and O–H groups in total. The van der Waals surface area contributed by atoms with E-state index in [1.54, 1.807) is 41.5 Å². The molecule has 7 atom stereocenters. The van der Waals surface area contributed by atoms with Gasteiger partial charge in [-0.3, -0.25) is 48.1 Å². The number of nitrogens with one attached hydrogen (secondary N) is 8. The van der Waals surface area contributed by atoms with Crippen LogP contribution in [0.5, 0.6) is 0 Å². The first-order chi connectivity index (χ1) is 29.4. The fourth-order valence-corrected chi connectivity index (χ4v) is 6.42. The van der Waals surface area contributed by atoms with Crippen molar-refractivity contribution in [3.8, 4) is 0 Å². The smallest absolute Gasteiger partial charge is 0.326 e. The molecule has 8 amide bonds. The average molecular weight is 897 g/mol. The number of carboxylic acids is 2. The first-order valence-corrected chi connectivity index (χ1v) is 21.0. The van der Waals surface area contributed by atoms with Gasteiger partial charge in [0, 0.05) is 13.0 Å². The highest BCUT2D eigenvalue weighted by Crippen LogP contribution is 2.12. The van der Waals surface area contributed by atoms with Gasteiger partial charge in [-0.1, -0.05) is 41.5 Å². The summed E-state index contributed by atoms with van der Waals surface area (Å²) in [5.74, 6) is -10.5. The molecule has 24 heteroatoms. The van der Waals surface area contributed by atoms with E-state index in [0.717, 1.165) is 6.42 Å². The van der Waals surface area contributed by atoms with E-state index < -0.39 is 127 Å². The van der Waals surface area contributed by atoms with Gasteiger partial charge >= 0.3 is 11.9 Å². The second-order valence-corrected chi connectivity index (χ2v) is 16.6. The zero-order chi connectivity index (χ0) is 48.0. The van der Waals surface area contributed by atoms with Gasteiger partial charge in [0.25, 0.3) is 0 Å². The Labute approximate surface area is 366 Å². The largest absolute Gasteiger partial charge is 0.481 e. The van der Waals surface area contributed by atoms with Crippen molar-refractivity contribution >= 4 is 65.2 Å². The van der Waals surface area contributed by atoms with Crippen LogP contribution in [-0.2, 0) is 47.9 Å². The van der Waals surface area contributed by atoms with Crippen LogP contribution in [0.4, 0.5) is 0 Å². The molecule has 0 radical (unpaired) electrons. The maximum atomic E-state index is 14.0. The minimum atomic E-state index is -1.87. The van der Waals surface area contributed by atoms with Crippen LogP contribution in [0, 0.1) is 17.8 Å². The maximum absolute atomic E-state index is 14.0. The van der Waals surface area contributed by atoms with Crippen molar-refractivity contribution in [2.24, 2.45) is 39.9 Å². The quantitative estimate of drug-likeness (QED) is 0.0196. The molecule has 356 valence electrons. The summed E-state index contributed by atoms with van der Waals surface area (Å²) in [4.78, 5) is 132. The number of nitrogens with zero attached hydrogens (tertiary/aromatic N) is 1. The normalized spacial score (nSPS) is 16.3. The molecule has 1 rings (SSSR count). The van der Waals surface area contributed by atoms with E-state index in [9.17, 15) is 53.1 Å². The van der Waals surface area contributed by atoms with E-state index in [1.165, 1.54) is 0 Å². The predicted octanol–water partition coefficient (Wildman–Crippen LogP) is -3.61. The molecular weight excluding hydrogens is 829 g/mol. The van der Waals surface area contributed by atoms with Gasteiger partial charge in [-0.05, 0) is 69.2 Å². The Morgan fingerprint density at radius 2 is 1.16 bits per heavy atom. The molecule has 1 aliphatic rings. The molecule has 1 aliphatic heterocycles. The van der Waals surface area contributed by atoms with E-state index in [-0.39, 0.29) is 55.9 Å². The molecule has 0 spiro atoms. The third-order valence-corrected chi connectivity index (χ3v) is 9.63. The number of hydrogen-bond donors (Lipinski definition) is 13. The fourth-order valence-electron chi connectivity index (χ4n) is 6.42. The van der Waals surface area contributed by atoms with Gasteiger partial charge in [0.1, 0.15) is 36.3 Å². The number of aliphatic carboxylic acids is 2. The van der Waals surface area contributed by atoms with Crippen LogP contribution in [0.2, 0.25) is 0 Å². The zero-order valence-electron chi connectivity index (χ0n) is 36.9. The molecule has 0 aromatic rings. The molecule has 0 aromatic carbocycles. The number of amides is 8. The lowest BCUT2D eigenvalue weighted by molar-refractivity contribution is -0.147. The summed E-state index contributed by atoms with van der Waals surface area (Å²) in [5, 5.41) is 39.1. The lowest BCUT2D eigenvalue weighted by Crippen LogP contribution is -2.60. The van der Waals surface area contributed by atoms with E-state index in [0.29, 0.717) is 13.0 Å². The molecule has 0 aromatic heterocycles. The van der Waals surface area contributed by atoms with Gasteiger partial charge in [0.2, 0.25) is 47.3 Å². The standard InChI is InChI=1S/C39H68N12O12/c1-19(2)15-25(35(59)46-24(11-12-28(40)52)34(58)50-27(38(62)63)17-30(54)55)49-36(60)26(16-20(3)4)48-33(57)23(10-8-14-44-39(41)42)47-37(61)31(21(5)6)51-29(53)18-45-32(56)22-9-7-13-43-22/h19-27,31,43H,7-18H2,1-6H3,(H2,40,52)(H,45,56)(H,46,59)(H,47,61)(H,48,57)(H,49,60)(H,50,58)(H,51,53)(H,54,55)(H,62,63)(H4,41,42,44)/t22-,23-,24-,25-,26-,27-,31-/m0/s1. The van der Waals surface area contributed by atoms with Crippen molar-refractivity contribution in [3.63, 3.8) is 0 Å². The first-order valence-electron chi connectivity index (χ1n) is 21.0. The highest BCUT2D eigenvalue weighted by Gasteiger charge is 2.35. The van der Waals surface area contributed by atoms with Crippen molar-refractivity contribution in [2.45, 2.75) is 142 Å². The Balaban J connectivity index is 3.33. The average Bonchev–Trinajstić information content (AvgIpc) is 3.72. The molecule has 1 heterocycles. The summed E-state index contributed by atoms with van der Waals surface area (Å²) in [6.07, 6.45) is -0.120. The second-order valence-electron chi connectivity index (χ2n) is 16.6. The lowest BCUT2D eigenvalue weighted by Gasteiger charge is -2.29. The van der Waals surface area contributed by atoms with Crippen molar-refractivity contribution in [2.75, 3.05) is 19.6 Å². The third-order valence-electron chi connectivity index (χ3n) is 9.63. The van der Waals surface area contributed by atoms with E-state index >= 15 is 0 Å². The highest BCUT2D eigenvalue weighted by atomic mass is 16.4. The lowest BCUT2D eigenvalue weighted by atomic mass is 9.98. The molecule has 1 saturated heterocycles. The number of nitrogens with two attached hydrogens (primary N) is 3. The maximum Gasteiger partial charge on any atom is 0.326 e. The summed E-state index contributed by atoms with van der Waals surface area (Å²) >= 11 is 0. The zero-order valence-corrected chi connectivity index (χ0v) is 36.9. The summed E-state index contributed by atoms with van der Waals surface area (Å²) < 4.78 is 0. The molecule has 0 saturated carbocycles. The number of carbonyl (C=O) groups is 10. The third kappa shape index (κ3) is 22.0. The van der Waals surface area contributed by atoms with Crippen LogP contribution in [0.15, 0.2) is 4.99 Å². The number of aliphatic imine (C=N–C) groups is 1. The van der Waals surface area contributed by atoms with E-state index in [1.807, 2.05) is 5.32 Å². The Bertz CT molecular complexity index is 1650. The molecule has 0 unspecified atom stereocenters. The van der Waals surface area contributed by atoms with Gasteiger partial charge in [-0.2, -0.15) is 0 Å². The number of primary amides is 1. The number of guanidine groups is 1. The van der Waals surface area contributed by atoms with Crippen LogP contribution in [-0.4, -0.2) is 137 Å². The molecular formula is C39H68N12O12. The number of hydrogen-bond acceptors (Lipinski definition) is 12. The summed E-state index contributed by atoms with van der Waals surface area (Å²) in [7, 11) is 0. The molecule has 63 heavy (non-hydrogen) atoms. The predicted molar refractivity (Wildman–Crippen MR) is 228 cm³/mol. The first kappa shape index (κ1) is 54.9. The topological polar surface area (TPSA) is 398 Å². The summed E-state index contributed by atoms with van der Waals surface area (Å²) in [5.41, 5.74) is 16.2. The Kier molecular flexibility index (Phi) is 24.2. The van der Waals surface area contributed by atoms with Gasteiger partial charge in [0.15, 0.2) is 5.96 Å². The van der Waals surface area contributed by atoms with E-state index in [2.05, 4.69) is 42.2 Å². The highest BCUT2D eigenvalue weighted by molar-refractivity contribution is 5.97. The van der Waals surface area contributed by atoms with Crippen molar-refractivity contribution in [1.29, 1.82) is 0 Å². The number of carbonyl (C=O) groups excluding carboxylic acids is 8.